The van der Waals surface area contributed by atoms with Crippen molar-refractivity contribution in [1.29, 1.82) is 0 Å². The minimum atomic E-state index is 0. The lowest BCUT2D eigenvalue weighted by Gasteiger charge is -2.13. The third kappa shape index (κ3) is 56.2. The highest BCUT2D eigenvalue weighted by Crippen LogP contribution is 1.81. The van der Waals surface area contributed by atoms with Gasteiger partial charge in [-0.1, -0.05) is 78.2 Å². The van der Waals surface area contributed by atoms with Crippen molar-refractivity contribution < 1.29 is 0 Å². The Labute approximate surface area is 103 Å². The molecule has 0 aromatic carbocycles. The van der Waals surface area contributed by atoms with Crippen molar-refractivity contribution in [2.45, 2.75) is 78.2 Å². The van der Waals surface area contributed by atoms with Gasteiger partial charge in [0.05, 0.1) is 0 Å². The number of hydrogen-bond donors (Lipinski definition) is 0. The summed E-state index contributed by atoms with van der Waals surface area (Å²) in [6, 6.07) is 0. The first kappa shape index (κ1) is 46.0. The molecule has 0 fully saturated rings. The average molecular weight is 226 g/mol. The summed E-state index contributed by atoms with van der Waals surface area (Å²) in [5, 5.41) is 0. The lowest BCUT2D eigenvalue weighted by molar-refractivity contribution is 0.321. The third-order valence-electron chi connectivity index (χ3n) is 1.34. The van der Waals surface area contributed by atoms with Gasteiger partial charge in [-0.05, 0) is 19.6 Å². The fourth-order valence-electron chi connectivity index (χ4n) is 0.671. The molecule has 15 heavy (non-hydrogen) atoms. The quantitative estimate of drug-likeness (QED) is 0.574. The molecule has 0 aliphatic carbocycles. The van der Waals surface area contributed by atoms with Crippen LogP contribution in [0.4, 0.5) is 0 Å². The molecule has 0 aromatic rings. The Balaban J connectivity index is -0.0000000145. The predicted octanol–water partition coefficient (Wildman–Crippen LogP) is 5.94. The largest absolute Gasteiger partial charge is 0.304 e. The second-order valence-corrected chi connectivity index (χ2v) is 1.62. The highest BCUT2D eigenvalue weighted by Gasteiger charge is 1.89. The van der Waals surface area contributed by atoms with Crippen molar-refractivity contribution in [2.75, 3.05) is 19.6 Å². The zero-order valence-electron chi connectivity index (χ0n) is 9.57. The smallest absolute Gasteiger partial charge is 0.00474 e. The molecule has 0 amide bonds. The molecule has 0 saturated carbocycles. The molecule has 0 radical (unpaired) electrons. The molecule has 0 rings (SSSR count). The Morgan fingerprint density at radius 3 is 0.667 bits per heavy atom. The molecule has 0 aromatic heterocycles. The van der Waals surface area contributed by atoms with E-state index in [0.717, 1.165) is 0 Å². The van der Waals surface area contributed by atoms with E-state index in [-0.39, 0.29) is 29.7 Å². The summed E-state index contributed by atoms with van der Waals surface area (Å²) < 4.78 is 0. The van der Waals surface area contributed by atoms with E-state index in [1.54, 1.807) is 0 Å². The zero-order valence-corrected chi connectivity index (χ0v) is 9.57. The Morgan fingerprint density at radius 2 is 0.667 bits per heavy atom. The summed E-state index contributed by atoms with van der Waals surface area (Å²) in [5.41, 5.74) is 0. The maximum Gasteiger partial charge on any atom is -0.00474 e. The number of nitrogens with zero attached hydrogens (tertiary/aromatic N) is 1. The highest BCUT2D eigenvalue weighted by atomic mass is 15.1. The molecule has 0 atom stereocenters. The molecule has 0 unspecified atom stereocenters. The van der Waals surface area contributed by atoms with Crippen molar-refractivity contribution in [3.05, 3.63) is 0 Å². The van der Waals surface area contributed by atoms with E-state index in [4.69, 9.17) is 0 Å². The maximum atomic E-state index is 2.38. The normalized spacial score (nSPS) is 5.60. The van der Waals surface area contributed by atoms with Crippen LogP contribution < -0.4 is 0 Å². The van der Waals surface area contributed by atoms with Gasteiger partial charge in [0.1, 0.15) is 0 Å². The molecular weight excluding hydrogens is 182 g/mol. The van der Waals surface area contributed by atoms with Gasteiger partial charge in [0.15, 0.2) is 0 Å². The Morgan fingerprint density at radius 1 is 0.533 bits per heavy atom. The lowest BCUT2D eigenvalue weighted by atomic mass is 10.5. The Hall–Kier alpha value is -0.0400. The lowest BCUT2D eigenvalue weighted by Crippen LogP contribution is -2.21. The van der Waals surface area contributed by atoms with E-state index in [2.05, 4.69) is 25.7 Å². The zero-order chi connectivity index (χ0) is 9.70. The van der Waals surface area contributed by atoms with Gasteiger partial charge in [-0.25, -0.2) is 0 Å². The van der Waals surface area contributed by atoms with Gasteiger partial charge in [0.25, 0.3) is 0 Å². The Kier molecular flexibility index (Phi) is 202. The van der Waals surface area contributed by atoms with E-state index in [9.17, 15) is 0 Å². The molecule has 1 nitrogen and oxygen atoms in total. The van der Waals surface area contributed by atoms with Gasteiger partial charge in [0, 0.05) is 0 Å². The van der Waals surface area contributed by atoms with E-state index in [0.29, 0.717) is 0 Å². The van der Waals surface area contributed by atoms with Gasteiger partial charge in [0.2, 0.25) is 0 Å². The minimum absolute atomic E-state index is 0. The maximum absolute atomic E-state index is 2.38. The monoisotopic (exact) mass is 225 g/mol. The van der Waals surface area contributed by atoms with Gasteiger partial charge < -0.3 is 4.90 Å². The van der Waals surface area contributed by atoms with E-state index < -0.39 is 0 Å². The molecule has 0 bridgehead atoms. The van der Waals surface area contributed by atoms with E-state index >= 15 is 0 Å². The second-order valence-electron chi connectivity index (χ2n) is 1.62. The third-order valence-corrected chi connectivity index (χ3v) is 1.34. The van der Waals surface area contributed by atoms with Crippen LogP contribution in [0.2, 0.25) is 0 Å². The standard InChI is InChI=1S/C6H15N.2C2H6.4CH4/c1-4-7(5-2)6-3;2*1-2;;;;/h4-6H2,1-3H3;2*1-2H3;4*1H4. The fraction of sp³-hybridized carbons (Fsp3) is 1.00. The summed E-state index contributed by atoms with van der Waals surface area (Å²) in [5.74, 6) is 0. The first-order valence-corrected chi connectivity index (χ1v) is 5.07. The van der Waals surface area contributed by atoms with Crippen LogP contribution >= 0.6 is 0 Å². The second kappa shape index (κ2) is 66.0. The van der Waals surface area contributed by atoms with Crippen LogP contribution in [0.1, 0.15) is 78.2 Å². The number of hydrogen-bond acceptors (Lipinski definition) is 1. The van der Waals surface area contributed by atoms with Crippen LogP contribution in [0.5, 0.6) is 0 Å². The predicted molar refractivity (Wildman–Crippen MR) is 83.1 cm³/mol. The average Bonchev–Trinajstić information content (AvgIpc) is 2.14. The molecule has 0 saturated heterocycles. The molecule has 0 heterocycles. The molecule has 104 valence electrons. The van der Waals surface area contributed by atoms with Gasteiger partial charge in [-0.2, -0.15) is 0 Å². The summed E-state index contributed by atoms with van der Waals surface area (Å²) in [4.78, 5) is 2.38. The van der Waals surface area contributed by atoms with Gasteiger partial charge in [-0.15, -0.1) is 0 Å². The topological polar surface area (TPSA) is 3.24 Å². The van der Waals surface area contributed by atoms with Crippen LogP contribution in [0.25, 0.3) is 0 Å². The highest BCUT2D eigenvalue weighted by molar-refractivity contribution is 4.43. The van der Waals surface area contributed by atoms with Crippen molar-refractivity contribution in [3.63, 3.8) is 0 Å². The fourth-order valence-corrected chi connectivity index (χ4v) is 0.671. The van der Waals surface area contributed by atoms with Crippen molar-refractivity contribution in [1.82, 2.24) is 4.90 Å². The summed E-state index contributed by atoms with van der Waals surface area (Å²) in [6.45, 7) is 18.1. The SMILES string of the molecule is C.C.C.C.CC.CC.CCN(CC)CC. The Bertz CT molecular complexity index is 26.8. The number of rotatable bonds is 3. The first-order chi connectivity index (χ1) is 5.35. The first-order valence-electron chi connectivity index (χ1n) is 5.07. The van der Waals surface area contributed by atoms with Crippen LogP contribution in [0.3, 0.4) is 0 Å². The molecule has 0 aliphatic heterocycles. The van der Waals surface area contributed by atoms with Crippen LogP contribution in [0, 0.1) is 0 Å². The molecule has 1 heteroatoms. The van der Waals surface area contributed by atoms with Crippen LogP contribution in [0.15, 0.2) is 0 Å². The van der Waals surface area contributed by atoms with Crippen LogP contribution in [-0.4, -0.2) is 24.5 Å². The molecule has 0 spiro atoms. The molecular formula is C14H43N. The summed E-state index contributed by atoms with van der Waals surface area (Å²) in [7, 11) is 0. The van der Waals surface area contributed by atoms with Crippen molar-refractivity contribution in [3.8, 4) is 0 Å². The van der Waals surface area contributed by atoms with Crippen LogP contribution in [-0.2, 0) is 0 Å². The summed E-state index contributed by atoms with van der Waals surface area (Å²) >= 11 is 0. The van der Waals surface area contributed by atoms with E-state index in [1.807, 2.05) is 27.7 Å². The van der Waals surface area contributed by atoms with Gasteiger partial charge >= 0.3 is 0 Å². The van der Waals surface area contributed by atoms with Crippen molar-refractivity contribution >= 4 is 0 Å². The van der Waals surface area contributed by atoms with Gasteiger partial charge in [-0.3, -0.25) is 0 Å². The minimum Gasteiger partial charge on any atom is -0.304 e. The molecule has 0 N–H and O–H groups in total. The van der Waals surface area contributed by atoms with E-state index in [1.165, 1.54) is 19.6 Å². The van der Waals surface area contributed by atoms with Crippen molar-refractivity contribution in [2.24, 2.45) is 0 Å². The molecule has 0 aliphatic rings. The summed E-state index contributed by atoms with van der Waals surface area (Å²) in [6.07, 6.45) is 0.